The van der Waals surface area contributed by atoms with Crippen molar-refractivity contribution in [2.45, 2.75) is 19.4 Å². The molecule has 6 heteroatoms. The van der Waals surface area contributed by atoms with E-state index in [2.05, 4.69) is 43.4 Å². The largest absolute Gasteiger partial charge is 0.497 e. The topological polar surface area (TPSA) is 62.8 Å². The van der Waals surface area contributed by atoms with Crippen molar-refractivity contribution in [1.82, 2.24) is 20.5 Å². The second kappa shape index (κ2) is 6.68. The van der Waals surface area contributed by atoms with Gasteiger partial charge in [-0.2, -0.15) is 5.10 Å². The summed E-state index contributed by atoms with van der Waals surface area (Å²) in [6.07, 6.45) is 2.33. The first-order valence-corrected chi connectivity index (χ1v) is 6.95. The van der Waals surface area contributed by atoms with Crippen LogP contribution >= 0.6 is 15.9 Å². The molecule has 0 fully saturated rings. The first-order chi connectivity index (χ1) is 9.24. The molecule has 0 aliphatic heterocycles. The van der Waals surface area contributed by atoms with Gasteiger partial charge in [-0.1, -0.05) is 22.9 Å². The Hall–Kier alpha value is -1.40. The number of H-pyrrole nitrogens is 1. The van der Waals surface area contributed by atoms with Gasteiger partial charge in [-0.25, -0.2) is 4.98 Å². The molecule has 1 unspecified atom stereocenters. The third-order valence-corrected chi connectivity index (χ3v) is 3.66. The molecule has 19 heavy (non-hydrogen) atoms. The van der Waals surface area contributed by atoms with Gasteiger partial charge >= 0.3 is 0 Å². The Morgan fingerprint density at radius 1 is 1.47 bits per heavy atom. The SMILES string of the molecule is CCNC(Cc1cc(OC)ccc1Br)c1ncn[nH]1. The lowest BCUT2D eigenvalue weighted by Gasteiger charge is -2.16. The van der Waals surface area contributed by atoms with E-state index >= 15 is 0 Å². The van der Waals surface area contributed by atoms with Crippen LogP contribution in [0.15, 0.2) is 29.0 Å². The van der Waals surface area contributed by atoms with Crippen LogP contribution in [0.25, 0.3) is 0 Å². The molecule has 2 rings (SSSR count). The van der Waals surface area contributed by atoms with Crippen LogP contribution in [-0.4, -0.2) is 28.8 Å². The molecule has 0 saturated carbocycles. The molecule has 1 heterocycles. The Bertz CT molecular complexity index is 515. The van der Waals surface area contributed by atoms with Crippen molar-refractivity contribution in [1.29, 1.82) is 0 Å². The summed E-state index contributed by atoms with van der Waals surface area (Å²) in [5.74, 6) is 1.70. The number of ether oxygens (including phenoxy) is 1. The Labute approximate surface area is 120 Å². The first kappa shape index (κ1) is 14.0. The minimum absolute atomic E-state index is 0.107. The molecule has 0 bridgehead atoms. The summed E-state index contributed by atoms with van der Waals surface area (Å²) in [5, 5.41) is 10.2. The second-order valence-corrected chi connectivity index (χ2v) is 5.00. The summed E-state index contributed by atoms with van der Waals surface area (Å²) in [6, 6.07) is 6.07. The van der Waals surface area contributed by atoms with E-state index in [4.69, 9.17) is 4.74 Å². The van der Waals surface area contributed by atoms with Crippen molar-refractivity contribution in [2.75, 3.05) is 13.7 Å². The molecule has 0 saturated heterocycles. The van der Waals surface area contributed by atoms with Crippen molar-refractivity contribution in [3.63, 3.8) is 0 Å². The van der Waals surface area contributed by atoms with Crippen LogP contribution in [0.1, 0.15) is 24.4 Å². The van der Waals surface area contributed by atoms with Gasteiger partial charge in [-0.3, -0.25) is 5.10 Å². The van der Waals surface area contributed by atoms with Gasteiger partial charge in [0.2, 0.25) is 0 Å². The number of aromatic nitrogens is 3. The van der Waals surface area contributed by atoms with Crippen molar-refractivity contribution >= 4 is 15.9 Å². The van der Waals surface area contributed by atoms with Crippen LogP contribution in [0, 0.1) is 0 Å². The lowest BCUT2D eigenvalue weighted by molar-refractivity contribution is 0.413. The van der Waals surface area contributed by atoms with Crippen LogP contribution in [0.4, 0.5) is 0 Å². The molecule has 1 aromatic heterocycles. The maximum atomic E-state index is 5.27. The van der Waals surface area contributed by atoms with E-state index in [9.17, 15) is 0 Å². The molecule has 2 aromatic rings. The standard InChI is InChI=1S/C13H17BrN4O/c1-3-15-12(13-16-8-17-18-13)7-9-6-10(19-2)4-5-11(9)14/h4-6,8,12,15H,3,7H2,1-2H3,(H,16,17,18). The predicted molar refractivity (Wildman–Crippen MR) is 77.2 cm³/mol. The fraction of sp³-hybridized carbons (Fsp3) is 0.385. The molecule has 2 N–H and O–H groups in total. The van der Waals surface area contributed by atoms with Crippen LogP contribution in [0.5, 0.6) is 5.75 Å². The van der Waals surface area contributed by atoms with Gasteiger partial charge in [0.15, 0.2) is 0 Å². The predicted octanol–water partition coefficient (Wildman–Crippen LogP) is 2.47. The second-order valence-electron chi connectivity index (χ2n) is 4.14. The number of likely N-dealkylation sites (N-methyl/N-ethyl adjacent to an activating group) is 1. The molecule has 0 aliphatic rings. The fourth-order valence-corrected chi connectivity index (χ4v) is 2.36. The normalized spacial score (nSPS) is 12.4. The lowest BCUT2D eigenvalue weighted by atomic mass is 10.1. The summed E-state index contributed by atoms with van der Waals surface area (Å²) in [4.78, 5) is 4.23. The highest BCUT2D eigenvalue weighted by Gasteiger charge is 2.16. The monoisotopic (exact) mass is 324 g/mol. The summed E-state index contributed by atoms with van der Waals surface area (Å²) in [5.41, 5.74) is 1.17. The number of hydrogen-bond acceptors (Lipinski definition) is 4. The Morgan fingerprint density at radius 2 is 2.32 bits per heavy atom. The Kier molecular flexibility index (Phi) is 4.93. The van der Waals surface area contributed by atoms with Crippen LogP contribution < -0.4 is 10.1 Å². The molecule has 102 valence electrons. The summed E-state index contributed by atoms with van der Waals surface area (Å²) in [6.45, 7) is 2.94. The van der Waals surface area contributed by atoms with Gasteiger partial charge in [0.1, 0.15) is 17.9 Å². The minimum atomic E-state index is 0.107. The third-order valence-electron chi connectivity index (χ3n) is 2.89. The van der Waals surface area contributed by atoms with E-state index in [-0.39, 0.29) is 6.04 Å². The van der Waals surface area contributed by atoms with Gasteiger partial charge < -0.3 is 10.1 Å². The zero-order valence-corrected chi connectivity index (χ0v) is 12.6. The lowest BCUT2D eigenvalue weighted by Crippen LogP contribution is -2.24. The molecule has 0 amide bonds. The van der Waals surface area contributed by atoms with Gasteiger partial charge in [-0.15, -0.1) is 0 Å². The van der Waals surface area contributed by atoms with Crippen LogP contribution in [0.3, 0.4) is 0 Å². The zero-order valence-electron chi connectivity index (χ0n) is 11.0. The average molecular weight is 325 g/mol. The maximum absolute atomic E-state index is 5.27. The van der Waals surface area contributed by atoms with Crippen molar-refractivity contribution in [3.8, 4) is 5.75 Å². The minimum Gasteiger partial charge on any atom is -0.497 e. The summed E-state index contributed by atoms with van der Waals surface area (Å²) in [7, 11) is 1.67. The molecule has 5 nitrogen and oxygen atoms in total. The number of rotatable bonds is 6. The number of nitrogens with zero attached hydrogens (tertiary/aromatic N) is 2. The van der Waals surface area contributed by atoms with Crippen molar-refractivity contribution < 1.29 is 4.74 Å². The molecular weight excluding hydrogens is 308 g/mol. The molecule has 0 aliphatic carbocycles. The highest BCUT2D eigenvalue weighted by atomic mass is 79.9. The zero-order chi connectivity index (χ0) is 13.7. The van der Waals surface area contributed by atoms with Crippen LogP contribution in [-0.2, 0) is 6.42 Å². The van der Waals surface area contributed by atoms with E-state index in [0.717, 1.165) is 29.0 Å². The smallest absolute Gasteiger partial charge is 0.141 e. The molecule has 1 atom stereocenters. The van der Waals surface area contributed by atoms with E-state index in [0.29, 0.717) is 0 Å². The summed E-state index contributed by atoms with van der Waals surface area (Å²) < 4.78 is 6.33. The van der Waals surface area contributed by atoms with Gasteiger partial charge in [0.05, 0.1) is 13.2 Å². The highest BCUT2D eigenvalue weighted by Crippen LogP contribution is 2.26. The fourth-order valence-electron chi connectivity index (χ4n) is 1.95. The quantitative estimate of drug-likeness (QED) is 0.856. The van der Waals surface area contributed by atoms with Crippen LogP contribution in [0.2, 0.25) is 0 Å². The number of nitrogens with one attached hydrogen (secondary N) is 2. The number of methoxy groups -OCH3 is 1. The van der Waals surface area contributed by atoms with Gasteiger partial charge in [0.25, 0.3) is 0 Å². The summed E-state index contributed by atoms with van der Waals surface area (Å²) >= 11 is 3.57. The van der Waals surface area contributed by atoms with Crippen molar-refractivity contribution in [2.24, 2.45) is 0 Å². The Balaban J connectivity index is 2.21. The van der Waals surface area contributed by atoms with Crippen molar-refractivity contribution in [3.05, 3.63) is 40.4 Å². The number of benzene rings is 1. The highest BCUT2D eigenvalue weighted by molar-refractivity contribution is 9.10. The van der Waals surface area contributed by atoms with Gasteiger partial charge in [-0.05, 0) is 36.7 Å². The Morgan fingerprint density at radius 3 is 2.95 bits per heavy atom. The molecular formula is C13H17BrN4O. The first-order valence-electron chi connectivity index (χ1n) is 6.15. The third kappa shape index (κ3) is 3.54. The van der Waals surface area contributed by atoms with E-state index in [1.54, 1.807) is 7.11 Å². The average Bonchev–Trinajstić information content (AvgIpc) is 2.94. The number of aromatic amines is 1. The van der Waals surface area contributed by atoms with E-state index in [1.807, 2.05) is 18.2 Å². The molecule has 1 aromatic carbocycles. The number of halogens is 1. The van der Waals surface area contributed by atoms with Gasteiger partial charge in [0, 0.05) is 4.47 Å². The van der Waals surface area contributed by atoms with E-state index in [1.165, 1.54) is 11.9 Å². The number of hydrogen-bond donors (Lipinski definition) is 2. The molecule has 0 radical (unpaired) electrons. The van der Waals surface area contributed by atoms with E-state index < -0.39 is 0 Å². The maximum Gasteiger partial charge on any atom is 0.141 e. The molecule has 0 spiro atoms.